The van der Waals surface area contributed by atoms with Gasteiger partial charge in [-0.15, -0.1) is 0 Å². The molecule has 0 spiro atoms. The maximum atomic E-state index is 12.3. The molecule has 150 valence electrons. The highest BCUT2D eigenvalue weighted by atomic mass is 16.5. The van der Waals surface area contributed by atoms with Crippen LogP contribution in [-0.4, -0.2) is 40.7 Å². The van der Waals surface area contributed by atoms with Gasteiger partial charge in [0.1, 0.15) is 11.5 Å². The van der Waals surface area contributed by atoms with Crippen LogP contribution in [0.3, 0.4) is 0 Å². The van der Waals surface area contributed by atoms with Crippen LogP contribution in [0.15, 0.2) is 48.7 Å². The molecule has 3 rings (SSSR count). The number of aromatic hydroxyl groups is 1. The summed E-state index contributed by atoms with van der Waals surface area (Å²) in [5.74, 6) is -1.16. The van der Waals surface area contributed by atoms with Crippen molar-refractivity contribution in [3.8, 4) is 22.6 Å². The third-order valence-electron chi connectivity index (χ3n) is 4.73. The number of ether oxygens (including phenoxy) is 1. The number of nitrogens with one attached hydrogen (secondary N) is 1. The van der Waals surface area contributed by atoms with Gasteiger partial charge in [-0.3, -0.25) is 9.59 Å². The van der Waals surface area contributed by atoms with Crippen molar-refractivity contribution in [1.82, 2.24) is 10.3 Å². The summed E-state index contributed by atoms with van der Waals surface area (Å²) >= 11 is 0. The van der Waals surface area contributed by atoms with Crippen LogP contribution in [-0.2, 0) is 4.79 Å². The molecule has 29 heavy (non-hydrogen) atoms. The van der Waals surface area contributed by atoms with Gasteiger partial charge >= 0.3 is 5.97 Å². The number of carbonyl (C=O) groups is 2. The second kappa shape index (κ2) is 7.79. The van der Waals surface area contributed by atoms with Gasteiger partial charge in [-0.05, 0) is 54.4 Å². The molecule has 2 aromatic carbocycles. The lowest BCUT2D eigenvalue weighted by molar-refractivity contribution is -0.146. The van der Waals surface area contributed by atoms with E-state index in [0.717, 1.165) is 22.1 Å². The first-order chi connectivity index (χ1) is 13.7. The summed E-state index contributed by atoms with van der Waals surface area (Å²) in [6.45, 7) is 2.92. The molecule has 0 unspecified atom stereocenters. The van der Waals surface area contributed by atoms with Gasteiger partial charge in [-0.2, -0.15) is 0 Å². The van der Waals surface area contributed by atoms with Crippen molar-refractivity contribution in [3.63, 3.8) is 0 Å². The molecule has 7 heteroatoms. The predicted octanol–water partition coefficient (Wildman–Crippen LogP) is 3.46. The molecule has 3 aromatic rings. The van der Waals surface area contributed by atoms with E-state index in [4.69, 9.17) is 9.84 Å². The van der Waals surface area contributed by atoms with Gasteiger partial charge in [-0.1, -0.05) is 18.2 Å². The Labute approximate surface area is 168 Å². The Bertz CT molecular complexity index is 1090. The molecule has 0 atom stereocenters. The van der Waals surface area contributed by atoms with Crippen LogP contribution in [0.25, 0.3) is 21.9 Å². The highest BCUT2D eigenvalue weighted by Crippen LogP contribution is 2.29. The molecule has 1 amide bonds. The summed E-state index contributed by atoms with van der Waals surface area (Å²) in [4.78, 5) is 27.5. The van der Waals surface area contributed by atoms with Crippen LogP contribution in [0.4, 0.5) is 0 Å². The second-order valence-corrected chi connectivity index (χ2v) is 7.39. The number of aliphatic carboxylic acids is 1. The van der Waals surface area contributed by atoms with Crippen molar-refractivity contribution in [3.05, 3.63) is 54.4 Å². The van der Waals surface area contributed by atoms with Crippen LogP contribution < -0.4 is 10.1 Å². The number of methoxy groups -OCH3 is 1. The monoisotopic (exact) mass is 394 g/mol. The Morgan fingerprint density at radius 2 is 1.76 bits per heavy atom. The SMILES string of the molecule is COc1ccc2cc(-c3cnc(C(=O)NCC(C)(C)C(=O)O)c(O)c3)ccc2c1. The van der Waals surface area contributed by atoms with Crippen molar-refractivity contribution in [2.75, 3.05) is 13.7 Å². The van der Waals surface area contributed by atoms with Crippen molar-refractivity contribution < 1.29 is 24.5 Å². The third-order valence-corrected chi connectivity index (χ3v) is 4.73. The van der Waals surface area contributed by atoms with Crippen LogP contribution in [0.5, 0.6) is 11.5 Å². The molecule has 0 bridgehead atoms. The normalized spacial score (nSPS) is 11.3. The molecule has 0 fully saturated rings. The number of rotatable bonds is 6. The van der Waals surface area contributed by atoms with Gasteiger partial charge in [0, 0.05) is 18.3 Å². The van der Waals surface area contributed by atoms with E-state index in [2.05, 4.69) is 10.3 Å². The summed E-state index contributed by atoms with van der Waals surface area (Å²) < 4.78 is 5.23. The number of amides is 1. The van der Waals surface area contributed by atoms with E-state index in [1.165, 1.54) is 26.1 Å². The Balaban J connectivity index is 1.83. The molecule has 0 aliphatic heterocycles. The first kappa shape index (κ1) is 20.1. The van der Waals surface area contributed by atoms with Crippen molar-refractivity contribution in [2.24, 2.45) is 5.41 Å². The van der Waals surface area contributed by atoms with Gasteiger partial charge in [0.05, 0.1) is 12.5 Å². The first-order valence-corrected chi connectivity index (χ1v) is 9.00. The highest BCUT2D eigenvalue weighted by molar-refractivity contribution is 5.96. The smallest absolute Gasteiger partial charge is 0.310 e. The molecule has 0 saturated heterocycles. The van der Waals surface area contributed by atoms with E-state index in [1.807, 2.05) is 36.4 Å². The van der Waals surface area contributed by atoms with Crippen LogP contribution in [0.1, 0.15) is 24.3 Å². The van der Waals surface area contributed by atoms with E-state index in [-0.39, 0.29) is 18.0 Å². The van der Waals surface area contributed by atoms with Gasteiger partial charge < -0.3 is 20.3 Å². The number of pyridine rings is 1. The third kappa shape index (κ3) is 4.29. The summed E-state index contributed by atoms with van der Waals surface area (Å²) in [5, 5.41) is 23.9. The first-order valence-electron chi connectivity index (χ1n) is 9.00. The molecule has 0 aliphatic carbocycles. The van der Waals surface area contributed by atoms with Crippen LogP contribution in [0.2, 0.25) is 0 Å². The standard InChI is InChI=1S/C22H22N2O5/c1-22(2,21(27)28)12-24-20(26)19-18(25)10-16(11-23-19)14-4-5-15-9-17(29-3)7-6-13(15)8-14/h4-11,25H,12H2,1-3H3,(H,24,26)(H,27,28). The number of benzene rings is 2. The van der Waals surface area contributed by atoms with E-state index >= 15 is 0 Å². The summed E-state index contributed by atoms with van der Waals surface area (Å²) in [7, 11) is 1.62. The quantitative estimate of drug-likeness (QED) is 0.591. The van der Waals surface area contributed by atoms with Gasteiger partial charge in [0.2, 0.25) is 0 Å². The lowest BCUT2D eigenvalue weighted by Crippen LogP contribution is -2.39. The maximum absolute atomic E-state index is 12.3. The lowest BCUT2D eigenvalue weighted by atomic mass is 9.94. The molecular formula is C22H22N2O5. The van der Waals surface area contributed by atoms with E-state index < -0.39 is 17.3 Å². The molecule has 0 radical (unpaired) electrons. The van der Waals surface area contributed by atoms with Crippen molar-refractivity contribution in [1.29, 1.82) is 0 Å². The fraction of sp³-hybridized carbons (Fsp3) is 0.227. The fourth-order valence-electron chi connectivity index (χ4n) is 2.78. The summed E-state index contributed by atoms with van der Waals surface area (Å²) in [5.41, 5.74) is 0.214. The summed E-state index contributed by atoms with van der Waals surface area (Å²) in [6.07, 6.45) is 1.50. The van der Waals surface area contributed by atoms with E-state index in [0.29, 0.717) is 5.56 Å². The Kier molecular flexibility index (Phi) is 5.41. The molecule has 1 heterocycles. The van der Waals surface area contributed by atoms with Crippen molar-refractivity contribution >= 4 is 22.6 Å². The lowest BCUT2D eigenvalue weighted by Gasteiger charge is -2.19. The minimum absolute atomic E-state index is 0.0851. The van der Waals surface area contributed by atoms with E-state index in [9.17, 15) is 14.7 Å². The number of carboxylic acid groups (broad SMARTS) is 1. The molecule has 3 N–H and O–H groups in total. The maximum Gasteiger partial charge on any atom is 0.310 e. The van der Waals surface area contributed by atoms with Crippen LogP contribution in [0, 0.1) is 5.41 Å². The minimum Gasteiger partial charge on any atom is -0.505 e. The zero-order valence-corrected chi connectivity index (χ0v) is 16.4. The van der Waals surface area contributed by atoms with Crippen LogP contribution >= 0.6 is 0 Å². The zero-order valence-electron chi connectivity index (χ0n) is 16.4. The number of carboxylic acids is 1. The number of nitrogens with zero attached hydrogens (tertiary/aromatic N) is 1. The van der Waals surface area contributed by atoms with E-state index in [1.54, 1.807) is 7.11 Å². The number of hydrogen-bond donors (Lipinski definition) is 3. The van der Waals surface area contributed by atoms with Crippen molar-refractivity contribution in [2.45, 2.75) is 13.8 Å². The Hall–Kier alpha value is -3.61. The second-order valence-electron chi connectivity index (χ2n) is 7.39. The molecule has 0 aliphatic rings. The largest absolute Gasteiger partial charge is 0.505 e. The highest BCUT2D eigenvalue weighted by Gasteiger charge is 2.28. The summed E-state index contributed by atoms with van der Waals surface area (Å²) in [6, 6.07) is 13.0. The fourth-order valence-corrected chi connectivity index (χ4v) is 2.78. The number of aromatic nitrogens is 1. The number of carbonyl (C=O) groups excluding carboxylic acids is 1. The molecule has 0 saturated carbocycles. The number of hydrogen-bond acceptors (Lipinski definition) is 5. The average Bonchev–Trinajstić information content (AvgIpc) is 2.71. The molecular weight excluding hydrogens is 372 g/mol. The van der Waals surface area contributed by atoms with Gasteiger partial charge in [0.15, 0.2) is 5.69 Å². The van der Waals surface area contributed by atoms with Gasteiger partial charge in [-0.25, -0.2) is 4.98 Å². The topological polar surface area (TPSA) is 109 Å². The molecule has 7 nitrogen and oxygen atoms in total. The Morgan fingerprint density at radius 3 is 2.41 bits per heavy atom. The number of fused-ring (bicyclic) bond motifs is 1. The average molecular weight is 394 g/mol. The molecule has 1 aromatic heterocycles. The predicted molar refractivity (Wildman–Crippen MR) is 109 cm³/mol. The zero-order chi connectivity index (χ0) is 21.2. The van der Waals surface area contributed by atoms with Gasteiger partial charge in [0.25, 0.3) is 5.91 Å². The minimum atomic E-state index is -1.13. The Morgan fingerprint density at radius 1 is 1.07 bits per heavy atom.